The molecule has 2 aromatic heterocycles. The van der Waals surface area contributed by atoms with Crippen molar-refractivity contribution in [3.63, 3.8) is 0 Å². The summed E-state index contributed by atoms with van der Waals surface area (Å²) in [4.78, 5) is 16.3. The summed E-state index contributed by atoms with van der Waals surface area (Å²) in [5.41, 5.74) is 2.46. The second kappa shape index (κ2) is 8.54. The molecule has 2 heterocycles. The molecule has 3 rings (SSSR count). The van der Waals surface area contributed by atoms with Crippen molar-refractivity contribution in [2.45, 2.75) is 32.2 Å². The highest BCUT2D eigenvalue weighted by Gasteiger charge is 2.24. The van der Waals surface area contributed by atoms with E-state index in [2.05, 4.69) is 20.1 Å². The molecular formula is C20H23N5O4S. The number of aryl methyl sites for hydroxylation is 3. The predicted octanol–water partition coefficient (Wildman–Crippen LogP) is 2.98. The minimum atomic E-state index is -4.03. The molecule has 1 aromatic carbocycles. The molecule has 0 aliphatic carbocycles. The highest BCUT2D eigenvalue weighted by molar-refractivity contribution is 7.92. The van der Waals surface area contributed by atoms with E-state index in [1.807, 2.05) is 39.0 Å². The van der Waals surface area contributed by atoms with E-state index in [0.29, 0.717) is 12.2 Å². The lowest BCUT2D eigenvalue weighted by Crippen LogP contribution is -2.18. The highest BCUT2D eigenvalue weighted by Crippen LogP contribution is 2.29. The zero-order chi connectivity index (χ0) is 21.9. The number of para-hydroxylation sites is 1. The molecule has 0 aliphatic rings. The first kappa shape index (κ1) is 21.3. The molecule has 2 N–H and O–H groups in total. The van der Waals surface area contributed by atoms with Gasteiger partial charge in [0, 0.05) is 12.7 Å². The zero-order valence-corrected chi connectivity index (χ0v) is 17.9. The molecule has 0 atom stereocenters. The van der Waals surface area contributed by atoms with E-state index in [4.69, 9.17) is 4.74 Å². The Hall–Kier alpha value is -3.40. The van der Waals surface area contributed by atoms with Crippen LogP contribution in [0.15, 0.2) is 47.6 Å². The van der Waals surface area contributed by atoms with Gasteiger partial charge in [0.05, 0.1) is 24.7 Å². The number of nitrogens with zero attached hydrogens (tertiary/aromatic N) is 3. The summed E-state index contributed by atoms with van der Waals surface area (Å²) in [6.07, 6.45) is 3.01. The number of benzene rings is 1. The van der Waals surface area contributed by atoms with E-state index in [0.717, 1.165) is 11.1 Å². The third-order valence-electron chi connectivity index (χ3n) is 4.47. The lowest BCUT2D eigenvalue weighted by Gasteiger charge is -2.15. The number of carbonyl (C=O) groups excluding carboxylic acids is 1. The fourth-order valence-corrected chi connectivity index (χ4v) is 4.21. The summed E-state index contributed by atoms with van der Waals surface area (Å²) in [5.74, 6) is -0.554. The number of aromatic nitrogens is 3. The standard InChI is InChI=1S/C20H23N5O4S/c1-5-25-10-9-16(23-25)19(26)22-15-11-17(20(29-4)21-12-15)30(27,28)24-18-13(2)7-6-8-14(18)3/h6-12,24H,5H2,1-4H3,(H,22,26). The Morgan fingerprint density at radius 3 is 2.50 bits per heavy atom. The van der Waals surface area contributed by atoms with E-state index in [1.165, 1.54) is 19.4 Å². The van der Waals surface area contributed by atoms with Gasteiger partial charge in [0.15, 0.2) is 10.6 Å². The summed E-state index contributed by atoms with van der Waals surface area (Å²) in [6, 6.07) is 8.35. The Morgan fingerprint density at radius 1 is 1.20 bits per heavy atom. The highest BCUT2D eigenvalue weighted by atomic mass is 32.2. The lowest BCUT2D eigenvalue weighted by atomic mass is 10.1. The molecule has 1 amide bonds. The summed E-state index contributed by atoms with van der Waals surface area (Å²) in [5, 5.41) is 6.75. The molecule has 158 valence electrons. The third kappa shape index (κ3) is 4.43. The SMILES string of the molecule is CCn1ccc(C(=O)Nc2cnc(OC)c(S(=O)(=O)Nc3c(C)cccc3C)c2)n1. The number of anilines is 2. The molecule has 0 aliphatic heterocycles. The molecule has 10 heteroatoms. The van der Waals surface area contributed by atoms with Gasteiger partial charge in [0.2, 0.25) is 5.88 Å². The average molecular weight is 430 g/mol. The first-order valence-corrected chi connectivity index (χ1v) is 10.7. The van der Waals surface area contributed by atoms with E-state index in [9.17, 15) is 13.2 Å². The van der Waals surface area contributed by atoms with Crippen molar-refractivity contribution in [2.24, 2.45) is 0 Å². The molecule has 0 saturated heterocycles. The number of amides is 1. The Bertz CT molecular complexity index is 1170. The van der Waals surface area contributed by atoms with E-state index < -0.39 is 15.9 Å². The molecule has 0 unspecified atom stereocenters. The number of sulfonamides is 1. The van der Waals surface area contributed by atoms with Crippen molar-refractivity contribution in [2.75, 3.05) is 17.1 Å². The Labute approximate surface area is 175 Å². The fraction of sp³-hybridized carbons (Fsp3) is 0.250. The van der Waals surface area contributed by atoms with Crippen LogP contribution in [0, 0.1) is 13.8 Å². The quantitative estimate of drug-likeness (QED) is 0.597. The number of carbonyl (C=O) groups is 1. The van der Waals surface area contributed by atoms with Crippen LogP contribution in [0.1, 0.15) is 28.5 Å². The number of pyridine rings is 1. The predicted molar refractivity (Wildman–Crippen MR) is 113 cm³/mol. The average Bonchev–Trinajstić information content (AvgIpc) is 3.20. The maximum Gasteiger partial charge on any atom is 0.276 e. The van der Waals surface area contributed by atoms with Crippen LogP contribution in [0.4, 0.5) is 11.4 Å². The molecule has 0 fully saturated rings. The summed E-state index contributed by atoms with van der Waals surface area (Å²) < 4.78 is 35.5. The van der Waals surface area contributed by atoms with E-state index >= 15 is 0 Å². The normalized spacial score (nSPS) is 11.2. The Kier molecular flexibility index (Phi) is 6.06. The molecule has 9 nitrogen and oxygen atoms in total. The Morgan fingerprint density at radius 2 is 1.90 bits per heavy atom. The third-order valence-corrected chi connectivity index (χ3v) is 5.82. The molecule has 0 spiro atoms. The number of methoxy groups -OCH3 is 1. The van der Waals surface area contributed by atoms with E-state index in [1.54, 1.807) is 16.9 Å². The van der Waals surface area contributed by atoms with Gasteiger partial charge < -0.3 is 10.1 Å². The number of hydrogen-bond donors (Lipinski definition) is 2. The molecule has 0 radical (unpaired) electrons. The molecule has 3 aromatic rings. The number of hydrogen-bond acceptors (Lipinski definition) is 6. The number of rotatable bonds is 7. The van der Waals surface area contributed by atoms with Gasteiger partial charge in [-0.3, -0.25) is 14.2 Å². The van der Waals surface area contributed by atoms with E-state index in [-0.39, 0.29) is 22.2 Å². The van der Waals surface area contributed by atoms with Crippen LogP contribution in [0.3, 0.4) is 0 Å². The maximum atomic E-state index is 13.1. The van der Waals surface area contributed by atoms with Crippen LogP contribution in [-0.2, 0) is 16.6 Å². The van der Waals surface area contributed by atoms with Crippen molar-refractivity contribution in [1.29, 1.82) is 0 Å². The van der Waals surface area contributed by atoms with Crippen molar-refractivity contribution >= 4 is 27.3 Å². The Balaban J connectivity index is 1.93. The molecular weight excluding hydrogens is 406 g/mol. The number of nitrogens with one attached hydrogen (secondary N) is 2. The van der Waals surface area contributed by atoms with Gasteiger partial charge in [0.1, 0.15) is 0 Å². The smallest absolute Gasteiger partial charge is 0.276 e. The van der Waals surface area contributed by atoms with Gasteiger partial charge in [-0.2, -0.15) is 5.10 Å². The van der Waals surface area contributed by atoms with Gasteiger partial charge >= 0.3 is 0 Å². The minimum Gasteiger partial charge on any atom is -0.480 e. The van der Waals surface area contributed by atoms with Crippen molar-refractivity contribution in [3.05, 3.63) is 59.5 Å². The van der Waals surface area contributed by atoms with Gasteiger partial charge in [-0.25, -0.2) is 13.4 Å². The summed E-state index contributed by atoms with van der Waals surface area (Å²) in [6.45, 7) is 6.16. The topological polar surface area (TPSA) is 115 Å². The van der Waals surface area contributed by atoms with Crippen LogP contribution in [0.2, 0.25) is 0 Å². The monoisotopic (exact) mass is 429 g/mol. The zero-order valence-electron chi connectivity index (χ0n) is 17.1. The maximum absolute atomic E-state index is 13.1. The van der Waals surface area contributed by atoms with Crippen molar-refractivity contribution in [3.8, 4) is 5.88 Å². The van der Waals surface area contributed by atoms with Crippen molar-refractivity contribution < 1.29 is 17.9 Å². The summed E-state index contributed by atoms with van der Waals surface area (Å²) in [7, 11) is -2.70. The van der Waals surface area contributed by atoms with Crippen LogP contribution < -0.4 is 14.8 Å². The first-order chi connectivity index (χ1) is 14.2. The second-order valence-electron chi connectivity index (χ2n) is 6.61. The van der Waals surface area contributed by atoms with Gasteiger partial charge in [-0.15, -0.1) is 0 Å². The lowest BCUT2D eigenvalue weighted by molar-refractivity contribution is 0.102. The van der Waals surface area contributed by atoms with Crippen LogP contribution in [-0.4, -0.2) is 36.2 Å². The second-order valence-corrected chi connectivity index (χ2v) is 8.27. The van der Waals surface area contributed by atoms with Gasteiger partial charge in [-0.1, -0.05) is 18.2 Å². The largest absolute Gasteiger partial charge is 0.480 e. The minimum absolute atomic E-state index is 0.0815. The van der Waals surface area contributed by atoms with Gasteiger partial charge in [-0.05, 0) is 44.0 Å². The van der Waals surface area contributed by atoms with Crippen molar-refractivity contribution in [1.82, 2.24) is 14.8 Å². The van der Waals surface area contributed by atoms with Crippen LogP contribution >= 0.6 is 0 Å². The molecule has 0 bridgehead atoms. The summed E-state index contributed by atoms with van der Waals surface area (Å²) >= 11 is 0. The van der Waals surface area contributed by atoms with Gasteiger partial charge in [0.25, 0.3) is 15.9 Å². The number of ether oxygens (including phenoxy) is 1. The molecule has 0 saturated carbocycles. The van der Waals surface area contributed by atoms with Crippen LogP contribution in [0.5, 0.6) is 5.88 Å². The first-order valence-electron chi connectivity index (χ1n) is 9.23. The fourth-order valence-electron chi connectivity index (χ4n) is 2.87. The molecule has 30 heavy (non-hydrogen) atoms. The van der Waals surface area contributed by atoms with Crippen LogP contribution in [0.25, 0.3) is 0 Å².